The normalized spacial score (nSPS) is 14.9. The zero-order valence-electron chi connectivity index (χ0n) is 12.6. The first-order valence-corrected chi connectivity index (χ1v) is 7.76. The molecule has 4 nitrogen and oxygen atoms in total. The van der Waals surface area contributed by atoms with Gasteiger partial charge in [-0.3, -0.25) is 4.79 Å². The molecule has 2 rings (SSSR count). The molecule has 114 valence electrons. The fourth-order valence-electron chi connectivity index (χ4n) is 2.76. The van der Waals surface area contributed by atoms with Gasteiger partial charge in [0, 0.05) is 12.1 Å². The summed E-state index contributed by atoms with van der Waals surface area (Å²) in [5, 5.41) is 2.87. The number of anilines is 1. The zero-order chi connectivity index (χ0) is 15.1. The van der Waals surface area contributed by atoms with E-state index in [2.05, 4.69) is 5.32 Å². The highest BCUT2D eigenvalue weighted by atomic mass is 16.5. The van der Waals surface area contributed by atoms with Crippen LogP contribution >= 0.6 is 0 Å². The molecule has 0 aliphatic heterocycles. The Bertz CT molecular complexity index is 475. The molecule has 1 aromatic carbocycles. The minimum atomic E-state index is -0.336. The van der Waals surface area contributed by atoms with Gasteiger partial charge >= 0.3 is 5.97 Å². The third-order valence-corrected chi connectivity index (χ3v) is 3.93. The summed E-state index contributed by atoms with van der Waals surface area (Å²) in [5.74, 6) is 0.435. The van der Waals surface area contributed by atoms with Crippen molar-refractivity contribution in [3.8, 4) is 0 Å². The highest BCUT2D eigenvalue weighted by molar-refractivity contribution is 5.93. The van der Waals surface area contributed by atoms with Gasteiger partial charge < -0.3 is 10.1 Å². The molecule has 0 unspecified atom stereocenters. The van der Waals surface area contributed by atoms with E-state index >= 15 is 0 Å². The Morgan fingerprint density at radius 1 is 1.19 bits per heavy atom. The van der Waals surface area contributed by atoms with Crippen LogP contribution in [0.1, 0.15) is 55.8 Å². The van der Waals surface area contributed by atoms with Crippen molar-refractivity contribution in [3.63, 3.8) is 0 Å². The monoisotopic (exact) mass is 289 g/mol. The maximum Gasteiger partial charge on any atom is 0.338 e. The van der Waals surface area contributed by atoms with E-state index in [1.54, 1.807) is 31.2 Å². The van der Waals surface area contributed by atoms with Crippen molar-refractivity contribution >= 4 is 17.6 Å². The van der Waals surface area contributed by atoms with Crippen LogP contribution < -0.4 is 5.32 Å². The lowest BCUT2D eigenvalue weighted by atomic mass is 10.0. The molecule has 1 amide bonds. The molecule has 0 aromatic heterocycles. The number of nitrogens with one attached hydrogen (secondary N) is 1. The van der Waals surface area contributed by atoms with Gasteiger partial charge in [-0.15, -0.1) is 0 Å². The van der Waals surface area contributed by atoms with Gasteiger partial charge in [-0.2, -0.15) is 0 Å². The first-order chi connectivity index (χ1) is 10.2. The zero-order valence-corrected chi connectivity index (χ0v) is 12.6. The standard InChI is InChI=1S/C17H23NO3/c1-2-21-17(20)14-8-10-15(11-9-14)18-16(19)12-7-13-5-3-4-6-13/h8-11,13H,2-7,12H2,1H3,(H,18,19). The number of benzene rings is 1. The molecule has 0 radical (unpaired) electrons. The Hall–Kier alpha value is -1.84. The molecule has 1 aliphatic rings. The van der Waals surface area contributed by atoms with E-state index in [-0.39, 0.29) is 11.9 Å². The van der Waals surface area contributed by atoms with Gasteiger partial charge in [0.25, 0.3) is 0 Å². The van der Waals surface area contributed by atoms with Crippen molar-refractivity contribution in [3.05, 3.63) is 29.8 Å². The minimum absolute atomic E-state index is 0.0470. The summed E-state index contributed by atoms with van der Waals surface area (Å²) in [6.45, 7) is 2.13. The van der Waals surface area contributed by atoms with Crippen molar-refractivity contribution in [1.29, 1.82) is 0 Å². The summed E-state index contributed by atoms with van der Waals surface area (Å²) >= 11 is 0. The number of amides is 1. The van der Waals surface area contributed by atoms with Gasteiger partial charge in [-0.1, -0.05) is 25.7 Å². The third-order valence-electron chi connectivity index (χ3n) is 3.93. The second-order valence-electron chi connectivity index (χ2n) is 5.54. The van der Waals surface area contributed by atoms with E-state index in [0.717, 1.165) is 18.0 Å². The molecule has 1 N–H and O–H groups in total. The predicted octanol–water partition coefficient (Wildman–Crippen LogP) is 3.77. The molecule has 0 bridgehead atoms. The first-order valence-electron chi connectivity index (χ1n) is 7.76. The molecular weight excluding hydrogens is 266 g/mol. The predicted molar refractivity (Wildman–Crippen MR) is 82.2 cm³/mol. The van der Waals surface area contributed by atoms with Crippen molar-refractivity contribution in [2.24, 2.45) is 5.92 Å². The van der Waals surface area contributed by atoms with Crippen LogP contribution in [0.25, 0.3) is 0 Å². The van der Waals surface area contributed by atoms with E-state index in [4.69, 9.17) is 4.74 Å². The van der Waals surface area contributed by atoms with Crippen molar-refractivity contribution in [1.82, 2.24) is 0 Å². The number of rotatable bonds is 6. The molecule has 1 aromatic rings. The van der Waals surface area contributed by atoms with Gasteiger partial charge in [-0.25, -0.2) is 4.79 Å². The van der Waals surface area contributed by atoms with Gasteiger partial charge in [0.15, 0.2) is 0 Å². The Balaban J connectivity index is 1.79. The molecule has 0 spiro atoms. The van der Waals surface area contributed by atoms with Gasteiger partial charge in [0.05, 0.1) is 12.2 Å². The quantitative estimate of drug-likeness (QED) is 0.811. The summed E-state index contributed by atoms with van der Waals surface area (Å²) in [6, 6.07) is 6.81. The van der Waals surface area contributed by atoms with Crippen LogP contribution in [0.15, 0.2) is 24.3 Å². The Morgan fingerprint density at radius 3 is 2.48 bits per heavy atom. The largest absolute Gasteiger partial charge is 0.462 e. The third kappa shape index (κ3) is 4.88. The Labute approximate surface area is 125 Å². The lowest BCUT2D eigenvalue weighted by Crippen LogP contribution is -2.13. The highest BCUT2D eigenvalue weighted by Crippen LogP contribution is 2.28. The minimum Gasteiger partial charge on any atom is -0.462 e. The molecule has 21 heavy (non-hydrogen) atoms. The highest BCUT2D eigenvalue weighted by Gasteiger charge is 2.16. The van der Waals surface area contributed by atoms with Gasteiger partial charge in [0.2, 0.25) is 5.91 Å². The number of esters is 1. The Kier molecular flexibility index (Phi) is 5.78. The van der Waals surface area contributed by atoms with Gasteiger partial charge in [-0.05, 0) is 43.5 Å². The fraction of sp³-hybridized carbons (Fsp3) is 0.529. The van der Waals surface area contributed by atoms with E-state index in [1.807, 2.05) is 0 Å². The number of carbonyl (C=O) groups excluding carboxylic acids is 2. The topological polar surface area (TPSA) is 55.4 Å². The molecule has 0 atom stereocenters. The fourth-order valence-corrected chi connectivity index (χ4v) is 2.76. The molecular formula is C17H23NO3. The molecule has 1 saturated carbocycles. The summed E-state index contributed by atoms with van der Waals surface area (Å²) in [7, 11) is 0. The molecule has 4 heteroatoms. The maximum absolute atomic E-state index is 11.9. The van der Waals surface area contributed by atoms with Crippen LogP contribution in [-0.4, -0.2) is 18.5 Å². The van der Waals surface area contributed by atoms with Crippen LogP contribution in [0.4, 0.5) is 5.69 Å². The Morgan fingerprint density at radius 2 is 1.86 bits per heavy atom. The van der Waals surface area contributed by atoms with Crippen molar-refractivity contribution in [2.75, 3.05) is 11.9 Å². The van der Waals surface area contributed by atoms with E-state index in [9.17, 15) is 9.59 Å². The average molecular weight is 289 g/mol. The second-order valence-corrected chi connectivity index (χ2v) is 5.54. The van der Waals surface area contributed by atoms with Crippen LogP contribution in [-0.2, 0) is 9.53 Å². The van der Waals surface area contributed by atoms with E-state index < -0.39 is 0 Å². The van der Waals surface area contributed by atoms with Crippen LogP contribution in [0.5, 0.6) is 0 Å². The summed E-state index contributed by atoms with van der Waals surface area (Å²) in [5.41, 5.74) is 1.22. The molecule has 1 aliphatic carbocycles. The van der Waals surface area contributed by atoms with E-state index in [0.29, 0.717) is 18.6 Å². The summed E-state index contributed by atoms with van der Waals surface area (Å²) in [4.78, 5) is 23.4. The number of ether oxygens (including phenoxy) is 1. The smallest absolute Gasteiger partial charge is 0.338 e. The maximum atomic E-state index is 11.9. The summed E-state index contributed by atoms with van der Waals surface area (Å²) < 4.78 is 4.92. The molecule has 0 saturated heterocycles. The van der Waals surface area contributed by atoms with Crippen LogP contribution in [0.3, 0.4) is 0 Å². The SMILES string of the molecule is CCOC(=O)c1ccc(NC(=O)CCC2CCCC2)cc1. The number of carbonyl (C=O) groups is 2. The molecule has 0 heterocycles. The van der Waals surface area contributed by atoms with Crippen molar-refractivity contribution in [2.45, 2.75) is 45.4 Å². The summed E-state index contributed by atoms with van der Waals surface area (Å²) in [6.07, 6.45) is 6.70. The van der Waals surface area contributed by atoms with E-state index in [1.165, 1.54) is 25.7 Å². The van der Waals surface area contributed by atoms with Crippen molar-refractivity contribution < 1.29 is 14.3 Å². The number of hydrogen-bond acceptors (Lipinski definition) is 3. The lowest BCUT2D eigenvalue weighted by molar-refractivity contribution is -0.116. The second kappa shape index (κ2) is 7.81. The number of hydrogen-bond donors (Lipinski definition) is 1. The van der Waals surface area contributed by atoms with Crippen LogP contribution in [0, 0.1) is 5.92 Å². The lowest BCUT2D eigenvalue weighted by Gasteiger charge is -2.09. The molecule has 1 fully saturated rings. The average Bonchev–Trinajstić information content (AvgIpc) is 2.99. The van der Waals surface area contributed by atoms with Gasteiger partial charge in [0.1, 0.15) is 0 Å². The van der Waals surface area contributed by atoms with Crippen LogP contribution in [0.2, 0.25) is 0 Å². The first kappa shape index (κ1) is 15.5.